The lowest BCUT2D eigenvalue weighted by Gasteiger charge is -2.36. The molecule has 1 fully saturated rings. The van der Waals surface area contributed by atoms with Crippen LogP contribution in [-0.4, -0.2) is 52.6 Å². The van der Waals surface area contributed by atoms with Gasteiger partial charge in [0.1, 0.15) is 0 Å². The predicted octanol–water partition coefficient (Wildman–Crippen LogP) is 1.90. The first-order chi connectivity index (χ1) is 14.0. The van der Waals surface area contributed by atoms with Crippen molar-refractivity contribution in [1.82, 2.24) is 14.9 Å². The van der Waals surface area contributed by atoms with Gasteiger partial charge in [0.2, 0.25) is 11.9 Å². The van der Waals surface area contributed by atoms with Crippen LogP contribution in [-0.2, 0) is 28.9 Å². The van der Waals surface area contributed by atoms with Gasteiger partial charge in [-0.15, -0.1) is 0 Å². The molecule has 29 heavy (non-hydrogen) atoms. The Hall–Kier alpha value is -2.67. The maximum absolute atomic E-state index is 12.7. The quantitative estimate of drug-likeness (QED) is 0.854. The summed E-state index contributed by atoms with van der Waals surface area (Å²) >= 11 is 0. The van der Waals surface area contributed by atoms with Crippen molar-refractivity contribution in [3.05, 3.63) is 57.5 Å². The van der Waals surface area contributed by atoms with Crippen LogP contribution >= 0.6 is 0 Å². The summed E-state index contributed by atoms with van der Waals surface area (Å²) in [5, 5.41) is 0. The van der Waals surface area contributed by atoms with E-state index in [4.69, 9.17) is 9.72 Å². The standard InChI is InChI=1S/C22H28N4O3/c1-15-12-26(13-16(2)29-15)22-23-19-14-25(11-10-18(19)21(28)24-22)20(27)9-8-17-6-4-3-5-7-17/h3-7,15-16H,8-14H2,1-2H3,(H,23,24,28)/t15-,16-/m0/s1. The van der Waals surface area contributed by atoms with Crippen molar-refractivity contribution in [2.75, 3.05) is 24.5 Å². The second-order valence-electron chi connectivity index (χ2n) is 8.03. The highest BCUT2D eigenvalue weighted by Crippen LogP contribution is 2.20. The number of aryl methyl sites for hydroxylation is 1. The molecule has 0 unspecified atom stereocenters. The minimum Gasteiger partial charge on any atom is -0.372 e. The van der Waals surface area contributed by atoms with Crippen LogP contribution in [0.1, 0.15) is 37.1 Å². The molecule has 3 heterocycles. The molecule has 1 aromatic carbocycles. The fourth-order valence-electron chi connectivity index (χ4n) is 4.19. The third-order valence-corrected chi connectivity index (χ3v) is 5.60. The second-order valence-corrected chi connectivity index (χ2v) is 8.03. The average molecular weight is 396 g/mol. The summed E-state index contributed by atoms with van der Waals surface area (Å²) in [6.45, 7) is 6.38. The van der Waals surface area contributed by atoms with Gasteiger partial charge in [0.25, 0.3) is 5.56 Å². The van der Waals surface area contributed by atoms with Crippen molar-refractivity contribution in [2.45, 2.75) is 51.9 Å². The molecule has 1 aromatic heterocycles. The Bertz CT molecular complexity index is 917. The molecule has 0 saturated carbocycles. The molecule has 2 aliphatic rings. The number of morpholine rings is 1. The normalized spacial score (nSPS) is 21.7. The smallest absolute Gasteiger partial charge is 0.255 e. The number of carbonyl (C=O) groups is 1. The fourth-order valence-corrected chi connectivity index (χ4v) is 4.19. The summed E-state index contributed by atoms with van der Waals surface area (Å²) < 4.78 is 5.78. The van der Waals surface area contributed by atoms with Crippen LogP contribution in [0.5, 0.6) is 0 Å². The number of anilines is 1. The van der Waals surface area contributed by atoms with E-state index in [9.17, 15) is 9.59 Å². The summed E-state index contributed by atoms with van der Waals surface area (Å²) in [5.74, 6) is 0.686. The van der Waals surface area contributed by atoms with Crippen LogP contribution in [0.3, 0.4) is 0 Å². The number of aromatic nitrogens is 2. The fraction of sp³-hybridized carbons (Fsp3) is 0.500. The number of benzene rings is 1. The molecule has 154 valence electrons. The first kappa shape index (κ1) is 19.6. The first-order valence-electron chi connectivity index (χ1n) is 10.3. The highest BCUT2D eigenvalue weighted by molar-refractivity contribution is 5.76. The zero-order valence-corrected chi connectivity index (χ0v) is 17.1. The highest BCUT2D eigenvalue weighted by atomic mass is 16.5. The van der Waals surface area contributed by atoms with Crippen LogP contribution in [0.25, 0.3) is 0 Å². The van der Waals surface area contributed by atoms with Crippen molar-refractivity contribution in [3.8, 4) is 0 Å². The lowest BCUT2D eigenvalue weighted by Crippen LogP contribution is -2.47. The van der Waals surface area contributed by atoms with E-state index < -0.39 is 0 Å². The number of H-pyrrole nitrogens is 1. The molecule has 1 amide bonds. The van der Waals surface area contributed by atoms with Crippen molar-refractivity contribution in [3.63, 3.8) is 0 Å². The average Bonchev–Trinajstić information content (AvgIpc) is 2.71. The topological polar surface area (TPSA) is 78.5 Å². The van der Waals surface area contributed by atoms with Crippen molar-refractivity contribution < 1.29 is 9.53 Å². The van der Waals surface area contributed by atoms with E-state index >= 15 is 0 Å². The number of carbonyl (C=O) groups excluding carboxylic acids is 1. The SMILES string of the molecule is C[C@H]1CN(c2nc3c(c(=O)[nH]2)CCN(C(=O)CCc2ccccc2)C3)C[C@H](C)O1. The Labute approximate surface area is 170 Å². The molecule has 2 aliphatic heterocycles. The van der Waals surface area contributed by atoms with Gasteiger partial charge in [-0.1, -0.05) is 30.3 Å². The van der Waals surface area contributed by atoms with Crippen molar-refractivity contribution in [1.29, 1.82) is 0 Å². The summed E-state index contributed by atoms with van der Waals surface area (Å²) in [4.78, 5) is 36.9. The molecule has 1 saturated heterocycles. The lowest BCUT2D eigenvalue weighted by molar-refractivity contribution is -0.132. The largest absolute Gasteiger partial charge is 0.372 e. The van der Waals surface area contributed by atoms with E-state index in [1.54, 1.807) is 0 Å². The molecular weight excluding hydrogens is 368 g/mol. The second kappa shape index (κ2) is 8.37. The number of amides is 1. The zero-order valence-electron chi connectivity index (χ0n) is 17.1. The van der Waals surface area contributed by atoms with E-state index in [-0.39, 0.29) is 23.7 Å². The lowest BCUT2D eigenvalue weighted by atomic mass is 10.0. The predicted molar refractivity (Wildman–Crippen MR) is 111 cm³/mol. The third kappa shape index (κ3) is 4.50. The molecule has 2 aromatic rings. The van der Waals surface area contributed by atoms with E-state index in [0.717, 1.165) is 17.7 Å². The third-order valence-electron chi connectivity index (χ3n) is 5.60. The van der Waals surface area contributed by atoms with Crippen molar-refractivity contribution in [2.24, 2.45) is 0 Å². The number of ether oxygens (including phenoxy) is 1. The summed E-state index contributed by atoms with van der Waals surface area (Å²) in [5.41, 5.74) is 2.49. The maximum Gasteiger partial charge on any atom is 0.255 e. The minimum atomic E-state index is -0.0896. The van der Waals surface area contributed by atoms with Gasteiger partial charge < -0.3 is 14.5 Å². The Morgan fingerprint density at radius 1 is 1.21 bits per heavy atom. The molecule has 0 aliphatic carbocycles. The van der Waals surface area contributed by atoms with E-state index in [2.05, 4.69) is 9.88 Å². The monoisotopic (exact) mass is 396 g/mol. The Morgan fingerprint density at radius 2 is 1.93 bits per heavy atom. The number of nitrogens with zero attached hydrogens (tertiary/aromatic N) is 3. The molecule has 7 heteroatoms. The van der Waals surface area contributed by atoms with Crippen LogP contribution in [0.15, 0.2) is 35.1 Å². The number of rotatable bonds is 4. The van der Waals surface area contributed by atoms with Gasteiger partial charge in [-0.3, -0.25) is 14.6 Å². The van der Waals surface area contributed by atoms with Gasteiger partial charge in [0, 0.05) is 31.6 Å². The molecule has 4 rings (SSSR count). The molecule has 0 bridgehead atoms. The number of nitrogens with one attached hydrogen (secondary N) is 1. The van der Waals surface area contributed by atoms with E-state index in [1.165, 1.54) is 0 Å². The molecule has 7 nitrogen and oxygen atoms in total. The molecule has 2 atom stereocenters. The Balaban J connectivity index is 1.47. The van der Waals surface area contributed by atoms with Gasteiger partial charge in [-0.25, -0.2) is 4.98 Å². The summed E-state index contributed by atoms with van der Waals surface area (Å²) in [6.07, 6.45) is 1.90. The van der Waals surface area contributed by atoms with E-state index in [1.807, 2.05) is 49.1 Å². The number of fused-ring (bicyclic) bond motifs is 1. The zero-order chi connectivity index (χ0) is 20.4. The van der Waals surface area contributed by atoms with Gasteiger partial charge in [-0.05, 0) is 32.3 Å². The van der Waals surface area contributed by atoms with Crippen LogP contribution in [0, 0.1) is 0 Å². The molecule has 0 spiro atoms. The Morgan fingerprint density at radius 3 is 2.66 bits per heavy atom. The van der Waals surface area contributed by atoms with Crippen LogP contribution in [0.4, 0.5) is 5.95 Å². The van der Waals surface area contributed by atoms with E-state index in [0.29, 0.717) is 50.5 Å². The van der Waals surface area contributed by atoms with Gasteiger partial charge >= 0.3 is 0 Å². The summed E-state index contributed by atoms with van der Waals surface area (Å²) in [7, 11) is 0. The van der Waals surface area contributed by atoms with Crippen molar-refractivity contribution >= 4 is 11.9 Å². The maximum atomic E-state index is 12.7. The van der Waals surface area contributed by atoms with Crippen LogP contribution in [0.2, 0.25) is 0 Å². The minimum absolute atomic E-state index is 0.0798. The Kier molecular flexibility index (Phi) is 5.67. The highest BCUT2D eigenvalue weighted by Gasteiger charge is 2.28. The number of aromatic amines is 1. The van der Waals surface area contributed by atoms with Crippen LogP contribution < -0.4 is 10.5 Å². The molecular formula is C22H28N4O3. The molecule has 1 N–H and O–H groups in total. The number of hydrogen-bond acceptors (Lipinski definition) is 5. The van der Waals surface area contributed by atoms with Gasteiger partial charge in [0.05, 0.1) is 24.4 Å². The summed E-state index contributed by atoms with van der Waals surface area (Å²) in [6, 6.07) is 10.0. The molecule has 0 radical (unpaired) electrons. The van der Waals surface area contributed by atoms with Gasteiger partial charge in [0.15, 0.2) is 0 Å². The first-order valence-corrected chi connectivity index (χ1v) is 10.3. The van der Waals surface area contributed by atoms with Gasteiger partial charge in [-0.2, -0.15) is 0 Å². The number of hydrogen-bond donors (Lipinski definition) is 1.